The molecule has 6 nitrogen and oxygen atoms in total. The third kappa shape index (κ3) is 2.91. The standard InChI is InChI=1S/C26H35ClO6/c1-12-11-14-5-8-17(30-10-9-27)31-21(14)19-16-7-6-15-13(2)22(29)26(16)23(15)32-25(3,4)33-24(26)20(28)18(12)19/h12,15-20,23-24,28H,2,5-11H2,1,3-4H3. The minimum Gasteiger partial charge on any atom is -0.469 e. The molecule has 0 aromatic heterocycles. The maximum Gasteiger partial charge on any atom is 0.199 e. The number of Topliss-reactive ketones (excluding diaryl/α,β-unsaturated/α-hetero) is 1. The number of hydrogen-bond acceptors (Lipinski definition) is 6. The summed E-state index contributed by atoms with van der Waals surface area (Å²) in [5.74, 6) is 0.706. The van der Waals surface area contributed by atoms with Gasteiger partial charge < -0.3 is 24.1 Å². The van der Waals surface area contributed by atoms with Gasteiger partial charge in [0.1, 0.15) is 11.9 Å². The van der Waals surface area contributed by atoms with Crippen molar-refractivity contribution in [3.05, 3.63) is 23.5 Å². The summed E-state index contributed by atoms with van der Waals surface area (Å²) < 4.78 is 25.3. The molecule has 0 radical (unpaired) electrons. The van der Waals surface area contributed by atoms with E-state index < -0.39 is 23.4 Å². The van der Waals surface area contributed by atoms with Gasteiger partial charge in [-0.1, -0.05) is 13.5 Å². The van der Waals surface area contributed by atoms with E-state index in [9.17, 15) is 9.90 Å². The van der Waals surface area contributed by atoms with Gasteiger partial charge in [-0.2, -0.15) is 0 Å². The molecule has 3 saturated carbocycles. The number of hydrogen-bond donors (Lipinski definition) is 1. The van der Waals surface area contributed by atoms with Gasteiger partial charge in [0.2, 0.25) is 0 Å². The van der Waals surface area contributed by atoms with E-state index in [0.717, 1.165) is 37.9 Å². The molecule has 6 aliphatic rings. The highest BCUT2D eigenvalue weighted by molar-refractivity contribution is 6.17. The summed E-state index contributed by atoms with van der Waals surface area (Å²) in [4.78, 5) is 14.0. The van der Waals surface area contributed by atoms with Crippen molar-refractivity contribution in [3.63, 3.8) is 0 Å². The Morgan fingerprint density at radius 3 is 2.73 bits per heavy atom. The van der Waals surface area contributed by atoms with Crippen molar-refractivity contribution < 1.29 is 28.8 Å². The summed E-state index contributed by atoms with van der Waals surface area (Å²) in [5.41, 5.74) is 1.06. The molecular formula is C26H35ClO6. The highest BCUT2D eigenvalue weighted by atomic mass is 35.5. The molecule has 4 aliphatic carbocycles. The number of carbonyl (C=O) groups is 1. The van der Waals surface area contributed by atoms with E-state index in [1.165, 1.54) is 5.57 Å². The van der Waals surface area contributed by atoms with Crippen LogP contribution in [0.5, 0.6) is 0 Å². The zero-order chi connectivity index (χ0) is 23.3. The summed E-state index contributed by atoms with van der Waals surface area (Å²) in [6.45, 7) is 10.6. The van der Waals surface area contributed by atoms with Crippen molar-refractivity contribution in [2.75, 3.05) is 12.5 Å². The lowest BCUT2D eigenvalue weighted by Gasteiger charge is -2.65. The minimum atomic E-state index is -0.904. The predicted octanol–water partition coefficient (Wildman–Crippen LogP) is 3.95. The Kier molecular flexibility index (Phi) is 5.15. The predicted molar refractivity (Wildman–Crippen MR) is 121 cm³/mol. The van der Waals surface area contributed by atoms with Gasteiger partial charge in [0.25, 0.3) is 0 Å². The van der Waals surface area contributed by atoms with Crippen LogP contribution in [0.1, 0.15) is 52.9 Å². The molecule has 1 saturated heterocycles. The molecule has 0 aromatic rings. The summed E-state index contributed by atoms with van der Waals surface area (Å²) in [7, 11) is 0. The Balaban J connectivity index is 1.48. The summed E-state index contributed by atoms with van der Waals surface area (Å²) in [5, 5.41) is 11.9. The van der Waals surface area contributed by atoms with Gasteiger partial charge >= 0.3 is 0 Å². The molecule has 1 spiro atoms. The number of fused-ring (bicyclic) bond motifs is 3. The van der Waals surface area contributed by atoms with Gasteiger partial charge in [-0.15, -0.1) is 11.6 Å². The van der Waals surface area contributed by atoms with E-state index in [-0.39, 0.29) is 47.8 Å². The Bertz CT molecular complexity index is 912. The Labute approximate surface area is 200 Å². The first-order valence-corrected chi connectivity index (χ1v) is 13.1. The third-order valence-corrected chi connectivity index (χ3v) is 9.57. The SMILES string of the molecule is C=C1C(=O)C23C4CCC1C2OC(C)(C)OC3C(O)C1C(C)CC2=C(OC(OCCCl)CC2)C14. The molecule has 2 bridgehead atoms. The quantitative estimate of drug-likeness (QED) is 0.489. The van der Waals surface area contributed by atoms with Gasteiger partial charge in [0, 0.05) is 30.1 Å². The summed E-state index contributed by atoms with van der Waals surface area (Å²) in [6, 6.07) is 0. The van der Waals surface area contributed by atoms with Crippen molar-refractivity contribution in [1.82, 2.24) is 0 Å². The molecule has 1 N–H and O–H groups in total. The number of carbonyl (C=O) groups excluding carboxylic acids is 1. The van der Waals surface area contributed by atoms with Gasteiger partial charge in [-0.3, -0.25) is 4.79 Å². The van der Waals surface area contributed by atoms with Crippen molar-refractivity contribution in [1.29, 1.82) is 0 Å². The molecule has 7 heteroatoms. The van der Waals surface area contributed by atoms with E-state index in [4.69, 9.17) is 30.5 Å². The lowest BCUT2D eigenvalue weighted by atomic mass is 9.46. The number of aliphatic hydroxyl groups excluding tert-OH is 1. The van der Waals surface area contributed by atoms with Crippen LogP contribution >= 0.6 is 11.6 Å². The third-order valence-electron chi connectivity index (χ3n) is 9.41. The van der Waals surface area contributed by atoms with Gasteiger partial charge in [0.05, 0.1) is 24.2 Å². The van der Waals surface area contributed by atoms with Crippen LogP contribution in [0.3, 0.4) is 0 Å². The van der Waals surface area contributed by atoms with Crippen LogP contribution in [0.2, 0.25) is 0 Å². The van der Waals surface area contributed by atoms with Gasteiger partial charge in [-0.25, -0.2) is 0 Å². The van der Waals surface area contributed by atoms with Gasteiger partial charge in [0.15, 0.2) is 17.9 Å². The normalized spacial score (nSPS) is 49.8. The van der Waals surface area contributed by atoms with Crippen LogP contribution in [0.25, 0.3) is 0 Å². The van der Waals surface area contributed by atoms with E-state index >= 15 is 0 Å². The van der Waals surface area contributed by atoms with E-state index in [0.29, 0.717) is 18.1 Å². The maximum absolute atomic E-state index is 14.0. The average molecular weight is 479 g/mol. The fourth-order valence-corrected chi connectivity index (χ4v) is 8.50. The van der Waals surface area contributed by atoms with Crippen molar-refractivity contribution in [2.24, 2.45) is 35.0 Å². The second-order valence-corrected chi connectivity index (χ2v) is 11.8. The van der Waals surface area contributed by atoms with Crippen LogP contribution in [0, 0.1) is 35.0 Å². The highest BCUT2D eigenvalue weighted by Gasteiger charge is 2.77. The molecule has 0 amide bonds. The van der Waals surface area contributed by atoms with E-state index in [2.05, 4.69) is 13.5 Å². The molecule has 6 rings (SSSR count). The van der Waals surface area contributed by atoms with Crippen LogP contribution in [0.15, 0.2) is 23.5 Å². The number of ketones is 1. The number of rotatable bonds is 3. The van der Waals surface area contributed by atoms with Crippen LogP contribution in [0.4, 0.5) is 0 Å². The van der Waals surface area contributed by atoms with Crippen LogP contribution in [-0.2, 0) is 23.7 Å². The van der Waals surface area contributed by atoms with Crippen molar-refractivity contribution in [3.8, 4) is 0 Å². The fraction of sp³-hybridized carbons (Fsp3) is 0.808. The lowest BCUT2D eigenvalue weighted by Crippen LogP contribution is -2.73. The molecule has 10 unspecified atom stereocenters. The van der Waals surface area contributed by atoms with Crippen LogP contribution < -0.4 is 0 Å². The zero-order valence-electron chi connectivity index (χ0n) is 19.7. The first kappa shape index (κ1) is 22.5. The second kappa shape index (κ2) is 7.54. The molecule has 10 atom stereocenters. The van der Waals surface area contributed by atoms with Crippen molar-refractivity contribution in [2.45, 2.75) is 83.3 Å². The highest BCUT2D eigenvalue weighted by Crippen LogP contribution is 2.69. The van der Waals surface area contributed by atoms with E-state index in [1.807, 2.05) is 13.8 Å². The Morgan fingerprint density at radius 1 is 1.21 bits per heavy atom. The molecule has 4 fully saturated rings. The number of allylic oxidation sites excluding steroid dienone is 2. The van der Waals surface area contributed by atoms with Crippen LogP contribution in [-0.4, -0.2) is 53.8 Å². The topological polar surface area (TPSA) is 74.2 Å². The first-order valence-electron chi connectivity index (χ1n) is 12.5. The minimum absolute atomic E-state index is 0.00952. The largest absolute Gasteiger partial charge is 0.469 e. The average Bonchev–Trinajstić information content (AvgIpc) is 2.90. The smallest absolute Gasteiger partial charge is 0.199 e. The summed E-state index contributed by atoms with van der Waals surface area (Å²) in [6.07, 6.45) is 2.36. The molecular weight excluding hydrogens is 444 g/mol. The number of alkyl halides is 1. The molecule has 182 valence electrons. The molecule has 33 heavy (non-hydrogen) atoms. The van der Waals surface area contributed by atoms with Crippen molar-refractivity contribution >= 4 is 17.4 Å². The first-order chi connectivity index (χ1) is 15.7. The number of ether oxygens (including phenoxy) is 4. The maximum atomic E-state index is 14.0. The molecule has 2 heterocycles. The Hall–Kier alpha value is -0.920. The Morgan fingerprint density at radius 2 is 1.97 bits per heavy atom. The van der Waals surface area contributed by atoms with E-state index in [1.54, 1.807) is 0 Å². The fourth-order valence-electron chi connectivity index (χ4n) is 8.41. The summed E-state index contributed by atoms with van der Waals surface area (Å²) >= 11 is 5.85. The van der Waals surface area contributed by atoms with Gasteiger partial charge in [-0.05, 0) is 62.5 Å². The lowest BCUT2D eigenvalue weighted by molar-refractivity contribution is -0.386. The molecule has 2 aliphatic heterocycles. The number of aliphatic hydroxyl groups is 1. The monoisotopic (exact) mass is 478 g/mol. The second-order valence-electron chi connectivity index (χ2n) is 11.4. The zero-order valence-corrected chi connectivity index (χ0v) is 20.5. The number of halogens is 1. The molecule has 0 aromatic carbocycles.